The molecule has 0 unspecified atom stereocenters. The van der Waals surface area contributed by atoms with Crippen molar-refractivity contribution in [3.63, 3.8) is 0 Å². The number of thioether (sulfide) groups is 1. The highest BCUT2D eigenvalue weighted by molar-refractivity contribution is 7.98. The van der Waals surface area contributed by atoms with Gasteiger partial charge in [-0.15, -0.1) is 11.8 Å². The number of piperidine rings is 1. The van der Waals surface area contributed by atoms with Crippen LogP contribution in [0.15, 0.2) is 47.4 Å². The van der Waals surface area contributed by atoms with E-state index in [2.05, 4.69) is 59.4 Å². The van der Waals surface area contributed by atoms with E-state index in [0.29, 0.717) is 12.1 Å². The van der Waals surface area contributed by atoms with Crippen LogP contribution in [0.5, 0.6) is 5.75 Å². The van der Waals surface area contributed by atoms with Gasteiger partial charge in [0.2, 0.25) is 0 Å². The first-order valence-electron chi connectivity index (χ1n) is 9.19. The average molecular weight is 355 g/mol. The fraction of sp³-hybridized carbons (Fsp3) is 0.429. The summed E-state index contributed by atoms with van der Waals surface area (Å²) in [4.78, 5) is 1.34. The predicted molar refractivity (Wildman–Crippen MR) is 104 cm³/mol. The molecule has 25 heavy (non-hydrogen) atoms. The van der Waals surface area contributed by atoms with Crippen molar-refractivity contribution in [1.29, 1.82) is 0 Å². The molecule has 0 bridgehead atoms. The van der Waals surface area contributed by atoms with Crippen LogP contribution in [-0.4, -0.2) is 25.4 Å². The van der Waals surface area contributed by atoms with Gasteiger partial charge in [0.1, 0.15) is 5.75 Å². The third-order valence-electron chi connectivity index (χ3n) is 5.24. The maximum Gasteiger partial charge on any atom is 0.127 e. The smallest absolute Gasteiger partial charge is 0.127 e. The molecular weight excluding hydrogens is 328 g/mol. The van der Waals surface area contributed by atoms with E-state index in [1.807, 2.05) is 11.8 Å². The molecule has 2 heterocycles. The quantitative estimate of drug-likeness (QED) is 0.797. The summed E-state index contributed by atoms with van der Waals surface area (Å²) >= 11 is 1.81. The standard InChI is InChI=1S/C21H26N2OS/c1-25-18-12-16-9-11-24-21(16)17(13-18)14-23-19-8-5-10-22-20(19)15-6-3-2-4-7-15/h2-4,6-7,12-13,19-20,22-23H,5,8-11,14H2,1H3/t19-,20-/m0/s1. The Morgan fingerprint density at radius 1 is 1.24 bits per heavy atom. The SMILES string of the molecule is CSc1cc2c(c(CN[C@H]3CCCN[C@H]3c3ccccc3)c1)OCC2. The Morgan fingerprint density at radius 2 is 2.12 bits per heavy atom. The second kappa shape index (κ2) is 7.81. The molecule has 132 valence electrons. The van der Waals surface area contributed by atoms with E-state index in [9.17, 15) is 0 Å². The average Bonchev–Trinajstić information content (AvgIpc) is 3.15. The number of benzene rings is 2. The lowest BCUT2D eigenvalue weighted by molar-refractivity contribution is 0.301. The number of ether oxygens (including phenoxy) is 1. The van der Waals surface area contributed by atoms with Crippen LogP contribution in [0.3, 0.4) is 0 Å². The Hall–Kier alpha value is -1.49. The van der Waals surface area contributed by atoms with Crippen molar-refractivity contribution in [1.82, 2.24) is 10.6 Å². The monoisotopic (exact) mass is 354 g/mol. The molecule has 2 aromatic carbocycles. The molecule has 0 aliphatic carbocycles. The fourth-order valence-corrected chi connectivity index (χ4v) is 4.49. The van der Waals surface area contributed by atoms with Gasteiger partial charge in [0.25, 0.3) is 0 Å². The third kappa shape index (κ3) is 3.71. The molecule has 4 heteroatoms. The van der Waals surface area contributed by atoms with Gasteiger partial charge in [-0.1, -0.05) is 30.3 Å². The highest BCUT2D eigenvalue weighted by Gasteiger charge is 2.26. The molecule has 2 N–H and O–H groups in total. The highest BCUT2D eigenvalue weighted by Crippen LogP contribution is 2.34. The molecule has 3 nitrogen and oxygen atoms in total. The van der Waals surface area contributed by atoms with Crippen molar-refractivity contribution in [2.45, 2.75) is 42.8 Å². The molecule has 0 spiro atoms. The van der Waals surface area contributed by atoms with Crippen molar-refractivity contribution in [2.75, 3.05) is 19.4 Å². The number of hydrogen-bond acceptors (Lipinski definition) is 4. The van der Waals surface area contributed by atoms with Crippen molar-refractivity contribution >= 4 is 11.8 Å². The molecule has 4 rings (SSSR count). The zero-order chi connectivity index (χ0) is 17.1. The summed E-state index contributed by atoms with van der Waals surface area (Å²) in [6.07, 6.45) is 5.61. The summed E-state index contributed by atoms with van der Waals surface area (Å²) < 4.78 is 5.92. The predicted octanol–water partition coefficient (Wildman–Crippen LogP) is 3.93. The van der Waals surface area contributed by atoms with Gasteiger partial charge >= 0.3 is 0 Å². The van der Waals surface area contributed by atoms with Gasteiger partial charge in [0, 0.05) is 35.5 Å². The zero-order valence-corrected chi connectivity index (χ0v) is 15.6. The first-order valence-corrected chi connectivity index (χ1v) is 10.4. The van der Waals surface area contributed by atoms with Crippen molar-refractivity contribution in [3.05, 3.63) is 59.2 Å². The van der Waals surface area contributed by atoms with Crippen molar-refractivity contribution < 1.29 is 4.74 Å². The Bertz CT molecular complexity index is 719. The molecule has 1 saturated heterocycles. The van der Waals surface area contributed by atoms with E-state index < -0.39 is 0 Å². The van der Waals surface area contributed by atoms with Gasteiger partial charge in [0.05, 0.1) is 6.61 Å². The number of hydrogen-bond donors (Lipinski definition) is 2. The lowest BCUT2D eigenvalue weighted by atomic mass is 9.92. The normalized spacial score (nSPS) is 22.4. The minimum absolute atomic E-state index is 0.382. The Morgan fingerprint density at radius 3 is 2.96 bits per heavy atom. The summed E-state index contributed by atoms with van der Waals surface area (Å²) in [7, 11) is 0. The van der Waals surface area contributed by atoms with Crippen LogP contribution in [0.2, 0.25) is 0 Å². The minimum Gasteiger partial charge on any atom is -0.493 e. The van der Waals surface area contributed by atoms with Crippen LogP contribution < -0.4 is 15.4 Å². The first-order chi connectivity index (χ1) is 12.3. The summed E-state index contributed by atoms with van der Waals surface area (Å²) in [6, 6.07) is 16.2. The van der Waals surface area contributed by atoms with E-state index in [1.54, 1.807) is 0 Å². The molecule has 2 atom stereocenters. The van der Waals surface area contributed by atoms with E-state index >= 15 is 0 Å². The van der Waals surface area contributed by atoms with Crippen LogP contribution in [0.1, 0.15) is 35.6 Å². The largest absolute Gasteiger partial charge is 0.493 e. The lowest BCUT2D eigenvalue weighted by Gasteiger charge is -2.34. The van der Waals surface area contributed by atoms with Gasteiger partial charge in [-0.05, 0) is 48.9 Å². The summed E-state index contributed by atoms with van der Waals surface area (Å²) in [5.74, 6) is 1.12. The van der Waals surface area contributed by atoms with Gasteiger partial charge in [-0.2, -0.15) is 0 Å². The van der Waals surface area contributed by atoms with Crippen LogP contribution in [0.25, 0.3) is 0 Å². The minimum atomic E-state index is 0.382. The first kappa shape index (κ1) is 17.0. The van der Waals surface area contributed by atoms with E-state index in [0.717, 1.165) is 31.9 Å². The third-order valence-corrected chi connectivity index (χ3v) is 5.95. The second-order valence-corrected chi connectivity index (χ2v) is 7.72. The van der Waals surface area contributed by atoms with Crippen LogP contribution >= 0.6 is 11.8 Å². The fourth-order valence-electron chi connectivity index (χ4n) is 3.97. The number of rotatable bonds is 5. The van der Waals surface area contributed by atoms with Crippen LogP contribution in [0, 0.1) is 0 Å². The summed E-state index contributed by atoms with van der Waals surface area (Å²) in [6.45, 7) is 2.78. The molecule has 2 aliphatic rings. The van der Waals surface area contributed by atoms with Gasteiger partial charge < -0.3 is 15.4 Å². The molecule has 1 fully saturated rings. The van der Waals surface area contributed by atoms with Crippen LogP contribution in [0.4, 0.5) is 0 Å². The maximum atomic E-state index is 5.92. The molecule has 0 radical (unpaired) electrons. The molecular formula is C21H26N2OS. The maximum absolute atomic E-state index is 5.92. The number of fused-ring (bicyclic) bond motifs is 1. The Labute approximate surface area is 154 Å². The van der Waals surface area contributed by atoms with Crippen molar-refractivity contribution in [2.24, 2.45) is 0 Å². The molecule has 0 aromatic heterocycles. The highest BCUT2D eigenvalue weighted by atomic mass is 32.2. The zero-order valence-electron chi connectivity index (χ0n) is 14.8. The molecule has 0 saturated carbocycles. The number of nitrogens with one attached hydrogen (secondary N) is 2. The lowest BCUT2D eigenvalue weighted by Crippen LogP contribution is -2.45. The summed E-state index contributed by atoms with van der Waals surface area (Å²) in [5, 5.41) is 7.51. The van der Waals surface area contributed by atoms with Gasteiger partial charge in [-0.3, -0.25) is 0 Å². The molecule has 2 aromatic rings. The second-order valence-electron chi connectivity index (χ2n) is 6.85. The topological polar surface area (TPSA) is 33.3 Å². The molecule has 2 aliphatic heterocycles. The van der Waals surface area contributed by atoms with E-state index in [4.69, 9.17) is 4.74 Å². The molecule has 0 amide bonds. The van der Waals surface area contributed by atoms with Gasteiger partial charge in [-0.25, -0.2) is 0 Å². The van der Waals surface area contributed by atoms with E-state index in [-0.39, 0.29) is 0 Å². The van der Waals surface area contributed by atoms with Gasteiger partial charge in [0.15, 0.2) is 0 Å². The van der Waals surface area contributed by atoms with E-state index in [1.165, 1.54) is 34.4 Å². The Kier molecular flexibility index (Phi) is 5.30. The Balaban J connectivity index is 1.51. The van der Waals surface area contributed by atoms with Crippen molar-refractivity contribution in [3.8, 4) is 5.75 Å². The summed E-state index contributed by atoms with van der Waals surface area (Å²) in [5.41, 5.74) is 4.04. The van der Waals surface area contributed by atoms with Crippen LogP contribution in [-0.2, 0) is 13.0 Å².